The maximum atomic E-state index is 14.6. The molecular weight excluding hydrogens is 447 g/mol. The first-order chi connectivity index (χ1) is 17.2. The lowest BCUT2D eigenvalue weighted by Crippen LogP contribution is -2.43. The number of rotatable bonds is 8. The number of amides is 1. The predicted octanol–water partition coefficient (Wildman–Crippen LogP) is 4.06. The molecule has 184 valence electrons. The van der Waals surface area contributed by atoms with Gasteiger partial charge in [-0.2, -0.15) is 0 Å². The number of morpholine rings is 1. The quantitative estimate of drug-likeness (QED) is 0.487. The molecule has 1 amide bonds. The Morgan fingerprint density at radius 2 is 1.69 bits per heavy atom. The molecule has 0 aliphatic carbocycles. The van der Waals surface area contributed by atoms with Crippen LogP contribution in [0.5, 0.6) is 0 Å². The van der Waals surface area contributed by atoms with Gasteiger partial charge in [-0.15, -0.1) is 0 Å². The monoisotopic (exact) mass is 478 g/mol. The summed E-state index contributed by atoms with van der Waals surface area (Å²) in [6.45, 7) is 6.25. The number of anilines is 1. The SMILES string of the molecule is O=C(c1ccccc1F)N(CCN1CCOCC1)Cc1c(-c2ccccc2)noc1N1CCCC1. The smallest absolute Gasteiger partial charge is 0.257 e. The van der Waals surface area contributed by atoms with Crippen molar-refractivity contribution in [3.05, 3.63) is 71.5 Å². The Labute approximate surface area is 205 Å². The first-order valence-corrected chi connectivity index (χ1v) is 12.3. The Hall–Kier alpha value is -3.23. The molecule has 5 rings (SSSR count). The fraction of sp³-hybridized carbons (Fsp3) is 0.407. The molecule has 2 aliphatic heterocycles. The molecule has 3 aromatic rings. The Bertz CT molecular complexity index is 1120. The van der Waals surface area contributed by atoms with Crippen molar-refractivity contribution in [3.8, 4) is 11.3 Å². The highest BCUT2D eigenvalue weighted by molar-refractivity contribution is 5.94. The van der Waals surface area contributed by atoms with E-state index in [0.717, 1.165) is 55.8 Å². The molecule has 2 saturated heterocycles. The molecule has 0 unspecified atom stereocenters. The highest BCUT2D eigenvalue weighted by Crippen LogP contribution is 2.34. The molecule has 2 aromatic carbocycles. The lowest BCUT2D eigenvalue weighted by molar-refractivity contribution is 0.0320. The summed E-state index contributed by atoms with van der Waals surface area (Å²) < 4.78 is 26.0. The Balaban J connectivity index is 1.48. The normalized spacial score (nSPS) is 16.5. The average Bonchev–Trinajstić information content (AvgIpc) is 3.58. The van der Waals surface area contributed by atoms with Crippen molar-refractivity contribution >= 4 is 11.8 Å². The van der Waals surface area contributed by atoms with Gasteiger partial charge in [0.05, 0.1) is 30.9 Å². The van der Waals surface area contributed by atoms with Gasteiger partial charge in [0, 0.05) is 44.8 Å². The molecule has 2 aliphatic rings. The molecule has 1 aromatic heterocycles. The fourth-order valence-corrected chi connectivity index (χ4v) is 4.77. The van der Waals surface area contributed by atoms with Gasteiger partial charge in [0.1, 0.15) is 11.5 Å². The molecule has 3 heterocycles. The second-order valence-electron chi connectivity index (χ2n) is 9.04. The van der Waals surface area contributed by atoms with Gasteiger partial charge in [0.2, 0.25) is 5.88 Å². The summed E-state index contributed by atoms with van der Waals surface area (Å²) in [7, 11) is 0. The van der Waals surface area contributed by atoms with Gasteiger partial charge >= 0.3 is 0 Å². The van der Waals surface area contributed by atoms with Gasteiger partial charge in [0.25, 0.3) is 5.91 Å². The molecule has 0 spiro atoms. The van der Waals surface area contributed by atoms with Crippen LogP contribution >= 0.6 is 0 Å². The number of halogens is 1. The molecule has 0 atom stereocenters. The predicted molar refractivity (Wildman–Crippen MR) is 132 cm³/mol. The van der Waals surface area contributed by atoms with E-state index in [1.807, 2.05) is 30.3 Å². The zero-order chi connectivity index (χ0) is 24.0. The largest absolute Gasteiger partial charge is 0.379 e. The summed E-state index contributed by atoms with van der Waals surface area (Å²) in [4.78, 5) is 19.8. The maximum Gasteiger partial charge on any atom is 0.257 e. The summed E-state index contributed by atoms with van der Waals surface area (Å²) in [5.74, 6) is -0.134. The average molecular weight is 479 g/mol. The van der Waals surface area contributed by atoms with Crippen molar-refractivity contribution in [1.82, 2.24) is 15.0 Å². The van der Waals surface area contributed by atoms with Crippen molar-refractivity contribution in [2.24, 2.45) is 0 Å². The van der Waals surface area contributed by atoms with E-state index in [0.29, 0.717) is 32.2 Å². The third-order valence-electron chi connectivity index (χ3n) is 6.74. The Morgan fingerprint density at radius 3 is 2.43 bits per heavy atom. The first kappa shape index (κ1) is 23.5. The van der Waals surface area contributed by atoms with Gasteiger partial charge in [-0.05, 0) is 25.0 Å². The van der Waals surface area contributed by atoms with Crippen LogP contribution in [0.3, 0.4) is 0 Å². The van der Waals surface area contributed by atoms with Crippen LogP contribution in [0.25, 0.3) is 11.3 Å². The van der Waals surface area contributed by atoms with Crippen molar-refractivity contribution < 1.29 is 18.4 Å². The summed E-state index contributed by atoms with van der Waals surface area (Å²) in [5, 5.41) is 4.43. The summed E-state index contributed by atoms with van der Waals surface area (Å²) in [6.07, 6.45) is 2.19. The van der Waals surface area contributed by atoms with E-state index in [-0.39, 0.29) is 18.0 Å². The van der Waals surface area contributed by atoms with Gasteiger partial charge < -0.3 is 19.1 Å². The van der Waals surface area contributed by atoms with E-state index in [4.69, 9.17) is 9.26 Å². The number of benzene rings is 2. The minimum Gasteiger partial charge on any atom is -0.379 e. The van der Waals surface area contributed by atoms with Crippen LogP contribution < -0.4 is 4.90 Å². The third kappa shape index (κ3) is 5.39. The zero-order valence-electron chi connectivity index (χ0n) is 19.9. The van der Waals surface area contributed by atoms with Crippen molar-refractivity contribution in [2.75, 3.05) is 57.4 Å². The summed E-state index contributed by atoms with van der Waals surface area (Å²) in [5.41, 5.74) is 2.60. The molecule has 0 bridgehead atoms. The third-order valence-corrected chi connectivity index (χ3v) is 6.74. The fourth-order valence-electron chi connectivity index (χ4n) is 4.77. The molecular formula is C27H31FN4O3. The number of nitrogens with zero attached hydrogens (tertiary/aromatic N) is 4. The second kappa shape index (κ2) is 11.0. The standard InChI is InChI=1S/C27H31FN4O3/c28-24-11-5-4-10-22(24)26(33)32(15-14-30-16-18-34-19-17-30)20-23-25(21-8-2-1-3-9-21)29-35-27(23)31-12-6-7-13-31/h1-5,8-11H,6-7,12-20H2. The van der Waals surface area contributed by atoms with Gasteiger partial charge in [-0.25, -0.2) is 4.39 Å². The molecule has 0 saturated carbocycles. The van der Waals surface area contributed by atoms with Crippen LogP contribution in [0, 0.1) is 5.82 Å². The van der Waals surface area contributed by atoms with Gasteiger partial charge in [-0.3, -0.25) is 9.69 Å². The zero-order valence-corrected chi connectivity index (χ0v) is 19.9. The van der Waals surface area contributed by atoms with Crippen LogP contribution in [-0.2, 0) is 11.3 Å². The molecule has 35 heavy (non-hydrogen) atoms. The van der Waals surface area contributed by atoms with E-state index in [1.165, 1.54) is 6.07 Å². The van der Waals surface area contributed by atoms with Crippen LogP contribution in [-0.4, -0.2) is 73.3 Å². The highest BCUT2D eigenvalue weighted by atomic mass is 19.1. The number of carbonyl (C=O) groups excluding carboxylic acids is 1. The summed E-state index contributed by atoms with van der Waals surface area (Å²) in [6, 6.07) is 16.0. The molecule has 2 fully saturated rings. The van der Waals surface area contributed by atoms with Crippen LogP contribution in [0.4, 0.5) is 10.3 Å². The number of aromatic nitrogens is 1. The van der Waals surface area contributed by atoms with Gasteiger partial charge in [-0.1, -0.05) is 47.6 Å². The lowest BCUT2D eigenvalue weighted by Gasteiger charge is -2.30. The van der Waals surface area contributed by atoms with E-state index < -0.39 is 5.82 Å². The van der Waals surface area contributed by atoms with E-state index in [1.54, 1.807) is 23.1 Å². The summed E-state index contributed by atoms with van der Waals surface area (Å²) >= 11 is 0. The lowest BCUT2D eigenvalue weighted by atomic mass is 10.1. The molecule has 7 nitrogen and oxygen atoms in total. The number of hydrogen-bond donors (Lipinski definition) is 0. The number of hydrogen-bond acceptors (Lipinski definition) is 6. The van der Waals surface area contributed by atoms with Gasteiger partial charge in [0.15, 0.2) is 0 Å². The highest BCUT2D eigenvalue weighted by Gasteiger charge is 2.29. The van der Waals surface area contributed by atoms with E-state index in [9.17, 15) is 9.18 Å². The van der Waals surface area contributed by atoms with E-state index in [2.05, 4.69) is 15.0 Å². The minimum absolute atomic E-state index is 0.0786. The molecule has 0 N–H and O–H groups in total. The van der Waals surface area contributed by atoms with Crippen LogP contribution in [0.2, 0.25) is 0 Å². The second-order valence-corrected chi connectivity index (χ2v) is 9.04. The molecule has 0 radical (unpaired) electrons. The Morgan fingerprint density at radius 1 is 0.971 bits per heavy atom. The van der Waals surface area contributed by atoms with Crippen LogP contribution in [0.15, 0.2) is 59.1 Å². The number of ether oxygens (including phenoxy) is 1. The molecule has 8 heteroatoms. The topological polar surface area (TPSA) is 62.1 Å². The van der Waals surface area contributed by atoms with Crippen molar-refractivity contribution in [2.45, 2.75) is 19.4 Å². The van der Waals surface area contributed by atoms with Crippen molar-refractivity contribution in [3.63, 3.8) is 0 Å². The minimum atomic E-state index is -0.512. The van der Waals surface area contributed by atoms with E-state index >= 15 is 0 Å². The first-order valence-electron chi connectivity index (χ1n) is 12.3. The van der Waals surface area contributed by atoms with Crippen molar-refractivity contribution in [1.29, 1.82) is 0 Å². The maximum absolute atomic E-state index is 14.6. The Kier molecular flexibility index (Phi) is 7.39. The van der Waals surface area contributed by atoms with Crippen LogP contribution in [0.1, 0.15) is 28.8 Å². The number of carbonyl (C=O) groups is 1.